The van der Waals surface area contributed by atoms with Crippen LogP contribution in [0.3, 0.4) is 0 Å². The molecular weight excluding hydrogens is 232 g/mol. The van der Waals surface area contributed by atoms with Gasteiger partial charge >= 0.3 is 12.0 Å². The second kappa shape index (κ2) is 6.07. The number of hydrogen-bond donors (Lipinski definition) is 2. The molecule has 0 aromatic carbocycles. The topological polar surface area (TPSA) is 69.6 Å². The first-order valence-corrected chi connectivity index (χ1v) is 6.66. The molecule has 0 bridgehead atoms. The summed E-state index contributed by atoms with van der Waals surface area (Å²) in [6, 6.07) is 0.110. The smallest absolute Gasteiger partial charge is 0.318 e. The maximum Gasteiger partial charge on any atom is 0.318 e. The fourth-order valence-corrected chi connectivity index (χ4v) is 2.10. The number of aliphatic carboxylic acids is 1. The lowest BCUT2D eigenvalue weighted by Crippen LogP contribution is -2.51. The molecule has 0 saturated heterocycles. The van der Waals surface area contributed by atoms with Crippen molar-refractivity contribution in [2.24, 2.45) is 0 Å². The van der Waals surface area contributed by atoms with Crippen molar-refractivity contribution in [1.29, 1.82) is 0 Å². The normalized spacial score (nSPS) is 15.3. The van der Waals surface area contributed by atoms with Crippen molar-refractivity contribution in [2.45, 2.75) is 64.5 Å². The van der Waals surface area contributed by atoms with Gasteiger partial charge in [0.15, 0.2) is 0 Å². The van der Waals surface area contributed by atoms with E-state index in [-0.39, 0.29) is 24.0 Å². The van der Waals surface area contributed by atoms with Crippen molar-refractivity contribution in [2.75, 3.05) is 6.54 Å². The minimum absolute atomic E-state index is 0.0120. The predicted molar refractivity (Wildman–Crippen MR) is 69.5 cm³/mol. The first-order chi connectivity index (χ1) is 8.35. The number of carbonyl (C=O) groups excluding carboxylic acids is 1. The number of nitrogens with one attached hydrogen (secondary N) is 1. The van der Waals surface area contributed by atoms with Crippen molar-refractivity contribution in [3.8, 4) is 0 Å². The lowest BCUT2D eigenvalue weighted by molar-refractivity contribution is -0.137. The van der Waals surface area contributed by atoms with Gasteiger partial charge in [-0.15, -0.1) is 0 Å². The van der Waals surface area contributed by atoms with Crippen LogP contribution < -0.4 is 5.32 Å². The van der Waals surface area contributed by atoms with Crippen LogP contribution in [0, 0.1) is 0 Å². The van der Waals surface area contributed by atoms with Crippen LogP contribution in [0.5, 0.6) is 0 Å². The average molecular weight is 256 g/mol. The molecule has 0 atom stereocenters. The highest BCUT2D eigenvalue weighted by Crippen LogP contribution is 2.27. The average Bonchev–Trinajstić information content (AvgIpc) is 3.00. The van der Waals surface area contributed by atoms with E-state index in [0.717, 1.165) is 25.7 Å². The second-order valence-electron chi connectivity index (χ2n) is 5.63. The van der Waals surface area contributed by atoms with Gasteiger partial charge in [0.1, 0.15) is 0 Å². The van der Waals surface area contributed by atoms with Crippen molar-refractivity contribution in [3.05, 3.63) is 0 Å². The van der Waals surface area contributed by atoms with Gasteiger partial charge in [0.25, 0.3) is 0 Å². The van der Waals surface area contributed by atoms with Crippen molar-refractivity contribution in [1.82, 2.24) is 10.2 Å². The Morgan fingerprint density at radius 3 is 2.44 bits per heavy atom. The third-order valence-electron chi connectivity index (χ3n) is 3.14. The van der Waals surface area contributed by atoms with E-state index in [1.54, 1.807) is 4.90 Å². The van der Waals surface area contributed by atoms with E-state index in [2.05, 4.69) is 12.2 Å². The highest BCUT2D eigenvalue weighted by molar-refractivity contribution is 5.76. The Labute approximate surface area is 109 Å². The number of urea groups is 1. The maximum atomic E-state index is 12.1. The number of nitrogens with zero attached hydrogens (tertiary/aromatic N) is 1. The summed E-state index contributed by atoms with van der Waals surface area (Å²) in [6.45, 7) is 6.37. The van der Waals surface area contributed by atoms with Gasteiger partial charge in [0, 0.05) is 18.1 Å². The van der Waals surface area contributed by atoms with Crippen molar-refractivity contribution < 1.29 is 14.7 Å². The molecule has 0 aliphatic heterocycles. The van der Waals surface area contributed by atoms with Gasteiger partial charge in [-0.25, -0.2) is 4.79 Å². The van der Waals surface area contributed by atoms with Gasteiger partial charge in [-0.3, -0.25) is 4.79 Å². The highest BCUT2D eigenvalue weighted by Gasteiger charge is 2.34. The number of rotatable bonds is 7. The van der Waals surface area contributed by atoms with Gasteiger partial charge in [0.05, 0.1) is 6.42 Å². The second-order valence-corrected chi connectivity index (χ2v) is 5.63. The van der Waals surface area contributed by atoms with E-state index in [0.29, 0.717) is 6.54 Å². The summed E-state index contributed by atoms with van der Waals surface area (Å²) in [5.41, 5.74) is -0.234. The van der Waals surface area contributed by atoms with Crippen LogP contribution in [0.1, 0.15) is 52.9 Å². The van der Waals surface area contributed by atoms with Crippen molar-refractivity contribution in [3.63, 3.8) is 0 Å². The first-order valence-electron chi connectivity index (χ1n) is 6.66. The Balaban J connectivity index is 2.51. The molecule has 2 amide bonds. The Kier molecular flexibility index (Phi) is 4.99. The number of hydrogen-bond acceptors (Lipinski definition) is 2. The Morgan fingerprint density at radius 1 is 1.39 bits per heavy atom. The monoisotopic (exact) mass is 256 g/mol. The summed E-state index contributed by atoms with van der Waals surface area (Å²) in [4.78, 5) is 24.4. The number of carboxylic acid groups (broad SMARTS) is 1. The fraction of sp³-hybridized carbons (Fsp3) is 0.846. The summed E-state index contributed by atoms with van der Waals surface area (Å²) >= 11 is 0. The fourth-order valence-electron chi connectivity index (χ4n) is 2.10. The predicted octanol–water partition coefficient (Wildman–Crippen LogP) is 2.21. The molecule has 1 aliphatic carbocycles. The number of carbonyl (C=O) groups is 2. The SMILES string of the molecule is CCCC(C)(C)NC(=O)N(CCC(=O)O)C1CC1. The lowest BCUT2D eigenvalue weighted by Gasteiger charge is -2.30. The highest BCUT2D eigenvalue weighted by atomic mass is 16.4. The van der Waals surface area contributed by atoms with E-state index in [1.807, 2.05) is 13.8 Å². The third kappa shape index (κ3) is 4.94. The van der Waals surface area contributed by atoms with E-state index >= 15 is 0 Å². The van der Waals surface area contributed by atoms with Crippen LogP contribution in [0.4, 0.5) is 4.79 Å². The van der Waals surface area contributed by atoms with Gasteiger partial charge in [0.2, 0.25) is 0 Å². The van der Waals surface area contributed by atoms with E-state index in [1.165, 1.54) is 0 Å². The van der Waals surface area contributed by atoms with Crippen LogP contribution >= 0.6 is 0 Å². The molecule has 0 unspecified atom stereocenters. The zero-order valence-electron chi connectivity index (χ0n) is 11.5. The van der Waals surface area contributed by atoms with Gasteiger partial charge < -0.3 is 15.3 Å². The molecule has 0 radical (unpaired) electrons. The van der Waals surface area contributed by atoms with Gasteiger partial charge in [-0.1, -0.05) is 13.3 Å². The van der Waals surface area contributed by atoms with Crippen LogP contribution in [0.2, 0.25) is 0 Å². The quantitative estimate of drug-likeness (QED) is 0.733. The summed E-state index contributed by atoms with van der Waals surface area (Å²) in [5.74, 6) is -0.860. The van der Waals surface area contributed by atoms with E-state index < -0.39 is 5.97 Å². The number of carboxylic acids is 1. The molecule has 5 heteroatoms. The molecule has 0 heterocycles. The molecule has 5 nitrogen and oxygen atoms in total. The Bertz CT molecular complexity index is 311. The Hall–Kier alpha value is -1.26. The summed E-state index contributed by atoms with van der Waals surface area (Å²) in [5, 5.41) is 11.7. The minimum atomic E-state index is -0.860. The molecule has 1 fully saturated rings. The zero-order valence-corrected chi connectivity index (χ0v) is 11.5. The van der Waals surface area contributed by atoms with Gasteiger partial charge in [-0.2, -0.15) is 0 Å². The van der Waals surface area contributed by atoms with E-state index in [4.69, 9.17) is 5.11 Å². The number of amides is 2. The van der Waals surface area contributed by atoms with Crippen LogP contribution in [0.15, 0.2) is 0 Å². The van der Waals surface area contributed by atoms with Gasteiger partial charge in [-0.05, 0) is 33.1 Å². The van der Waals surface area contributed by atoms with Crippen molar-refractivity contribution >= 4 is 12.0 Å². The van der Waals surface area contributed by atoms with Crippen LogP contribution in [-0.4, -0.2) is 40.1 Å². The minimum Gasteiger partial charge on any atom is -0.481 e. The first kappa shape index (κ1) is 14.8. The molecule has 1 aliphatic rings. The standard InChI is InChI=1S/C13H24N2O3/c1-4-8-13(2,3)14-12(18)15(10-5-6-10)9-7-11(16)17/h10H,4-9H2,1-3H3,(H,14,18)(H,16,17). The van der Waals surface area contributed by atoms with Crippen LogP contribution in [-0.2, 0) is 4.79 Å². The third-order valence-corrected chi connectivity index (χ3v) is 3.14. The lowest BCUT2D eigenvalue weighted by atomic mass is 9.99. The molecule has 0 aromatic heterocycles. The Morgan fingerprint density at radius 2 is 2.00 bits per heavy atom. The van der Waals surface area contributed by atoms with E-state index in [9.17, 15) is 9.59 Å². The molecule has 1 rings (SSSR count). The summed E-state index contributed by atoms with van der Waals surface area (Å²) in [7, 11) is 0. The summed E-state index contributed by atoms with van der Waals surface area (Å²) < 4.78 is 0. The molecule has 2 N–H and O–H groups in total. The molecule has 104 valence electrons. The zero-order chi connectivity index (χ0) is 13.8. The summed E-state index contributed by atoms with van der Waals surface area (Å²) in [6.07, 6.45) is 3.91. The molecular formula is C13H24N2O3. The maximum absolute atomic E-state index is 12.1. The van der Waals surface area contributed by atoms with Crippen LogP contribution in [0.25, 0.3) is 0 Å². The molecule has 1 saturated carbocycles. The largest absolute Gasteiger partial charge is 0.481 e. The molecule has 0 aromatic rings. The molecule has 18 heavy (non-hydrogen) atoms. The molecule has 0 spiro atoms.